The van der Waals surface area contributed by atoms with Gasteiger partial charge in [0.1, 0.15) is 16.8 Å². The number of methoxy groups -OCH3 is 1. The maximum Gasteiger partial charge on any atom is 0.341 e. The van der Waals surface area contributed by atoms with E-state index < -0.39 is 0 Å². The first kappa shape index (κ1) is 14.1. The van der Waals surface area contributed by atoms with Gasteiger partial charge in [0.2, 0.25) is 0 Å². The van der Waals surface area contributed by atoms with E-state index in [0.29, 0.717) is 17.9 Å². The summed E-state index contributed by atoms with van der Waals surface area (Å²) in [7, 11) is 5.37. The van der Waals surface area contributed by atoms with Crippen LogP contribution in [0.25, 0.3) is 10.9 Å². The first-order chi connectivity index (χ1) is 9.60. The summed E-state index contributed by atoms with van der Waals surface area (Å²) in [6.45, 7) is 2.12. The van der Waals surface area contributed by atoms with Gasteiger partial charge in [0.05, 0.1) is 19.4 Å². The predicted octanol–water partition coefficient (Wildman–Crippen LogP) is 2.49. The van der Waals surface area contributed by atoms with Gasteiger partial charge in [-0.1, -0.05) is 12.1 Å². The van der Waals surface area contributed by atoms with Crippen molar-refractivity contribution in [2.24, 2.45) is 0 Å². The van der Waals surface area contributed by atoms with Gasteiger partial charge in [-0.05, 0) is 13.0 Å². The van der Waals surface area contributed by atoms with Crippen molar-refractivity contribution >= 4 is 22.6 Å². The second kappa shape index (κ2) is 5.77. The molecule has 0 fully saturated rings. The van der Waals surface area contributed by atoms with Crippen LogP contribution in [0.1, 0.15) is 17.3 Å². The molecule has 2 rings (SSSR count). The number of aromatic nitrogens is 1. The van der Waals surface area contributed by atoms with Crippen LogP contribution in [-0.4, -0.2) is 38.8 Å². The number of para-hydroxylation sites is 1. The lowest BCUT2D eigenvalue weighted by molar-refractivity contribution is 0.0527. The highest BCUT2D eigenvalue weighted by atomic mass is 16.5. The van der Waals surface area contributed by atoms with Gasteiger partial charge in [0.25, 0.3) is 0 Å². The average Bonchev–Trinajstić information content (AvgIpc) is 2.45. The number of fused-ring (bicyclic) bond motifs is 1. The molecule has 106 valence electrons. The molecule has 0 bridgehead atoms. The van der Waals surface area contributed by atoms with E-state index in [9.17, 15) is 4.79 Å². The van der Waals surface area contributed by atoms with Crippen LogP contribution in [0.2, 0.25) is 0 Å². The molecule has 5 nitrogen and oxygen atoms in total. The predicted molar refractivity (Wildman–Crippen MR) is 78.6 cm³/mol. The summed E-state index contributed by atoms with van der Waals surface area (Å²) in [6.07, 6.45) is 1.54. The molecular weight excluding hydrogens is 256 g/mol. The van der Waals surface area contributed by atoms with Crippen molar-refractivity contribution in [2.75, 3.05) is 32.7 Å². The third kappa shape index (κ3) is 2.39. The minimum atomic E-state index is -0.367. The van der Waals surface area contributed by atoms with Crippen LogP contribution < -0.4 is 9.64 Å². The van der Waals surface area contributed by atoms with Crippen LogP contribution in [0.5, 0.6) is 5.75 Å². The largest absolute Gasteiger partial charge is 0.494 e. The summed E-state index contributed by atoms with van der Waals surface area (Å²) in [5.41, 5.74) is 1.97. The summed E-state index contributed by atoms with van der Waals surface area (Å²) in [5, 5.41) is 0.861. The number of carbonyl (C=O) groups excluding carboxylic acids is 1. The first-order valence-corrected chi connectivity index (χ1v) is 6.40. The normalized spacial score (nSPS) is 10.4. The molecule has 0 unspecified atom stereocenters. The van der Waals surface area contributed by atoms with Gasteiger partial charge in [-0.15, -0.1) is 0 Å². The summed E-state index contributed by atoms with van der Waals surface area (Å²) < 4.78 is 10.4. The molecule has 0 saturated heterocycles. The average molecular weight is 274 g/mol. The third-order valence-corrected chi connectivity index (χ3v) is 2.99. The summed E-state index contributed by atoms with van der Waals surface area (Å²) >= 11 is 0. The number of pyridine rings is 1. The van der Waals surface area contributed by atoms with Crippen molar-refractivity contribution in [1.29, 1.82) is 0 Å². The quantitative estimate of drug-likeness (QED) is 0.802. The Balaban J connectivity index is 2.73. The Morgan fingerprint density at radius 2 is 2.10 bits per heavy atom. The molecule has 1 heterocycles. The van der Waals surface area contributed by atoms with Gasteiger partial charge in [0.15, 0.2) is 0 Å². The standard InChI is InChI=1S/C15H18N2O3/c1-5-20-15(18)11-9-16-13-10(14(11)17(2)3)7-6-8-12(13)19-4/h6-9H,5H2,1-4H3. The van der Waals surface area contributed by atoms with Crippen molar-refractivity contribution in [3.05, 3.63) is 30.0 Å². The van der Waals surface area contributed by atoms with E-state index in [1.54, 1.807) is 14.0 Å². The van der Waals surface area contributed by atoms with Crippen LogP contribution in [0.15, 0.2) is 24.4 Å². The molecule has 2 aromatic rings. The SMILES string of the molecule is CCOC(=O)c1cnc2c(OC)cccc2c1N(C)C. The Bertz CT molecular complexity index is 638. The lowest BCUT2D eigenvalue weighted by Crippen LogP contribution is -2.16. The van der Waals surface area contributed by atoms with Crippen molar-refractivity contribution in [1.82, 2.24) is 4.98 Å². The molecule has 0 radical (unpaired) electrons. The smallest absolute Gasteiger partial charge is 0.341 e. The molecule has 1 aromatic heterocycles. The van der Waals surface area contributed by atoms with E-state index in [2.05, 4.69) is 4.98 Å². The van der Waals surface area contributed by atoms with Crippen molar-refractivity contribution < 1.29 is 14.3 Å². The highest BCUT2D eigenvalue weighted by Gasteiger charge is 2.19. The number of benzene rings is 1. The monoisotopic (exact) mass is 274 g/mol. The minimum absolute atomic E-state index is 0.335. The van der Waals surface area contributed by atoms with Gasteiger partial charge >= 0.3 is 5.97 Å². The molecule has 0 aliphatic heterocycles. The topological polar surface area (TPSA) is 51.7 Å². The fourth-order valence-electron chi connectivity index (χ4n) is 2.19. The molecule has 0 aliphatic carbocycles. The van der Waals surface area contributed by atoms with Crippen molar-refractivity contribution in [3.63, 3.8) is 0 Å². The number of ether oxygens (including phenoxy) is 2. The van der Waals surface area contributed by atoms with Crippen LogP contribution in [0.4, 0.5) is 5.69 Å². The molecule has 0 atom stereocenters. The van der Waals surface area contributed by atoms with Crippen LogP contribution in [0, 0.1) is 0 Å². The number of nitrogens with zero attached hydrogens (tertiary/aromatic N) is 2. The van der Waals surface area contributed by atoms with E-state index >= 15 is 0 Å². The third-order valence-electron chi connectivity index (χ3n) is 2.99. The van der Waals surface area contributed by atoms with Crippen LogP contribution >= 0.6 is 0 Å². The summed E-state index contributed by atoms with van der Waals surface area (Å²) in [4.78, 5) is 18.3. The molecular formula is C15H18N2O3. The highest BCUT2D eigenvalue weighted by Crippen LogP contribution is 2.33. The maximum atomic E-state index is 12.0. The van der Waals surface area contributed by atoms with E-state index in [-0.39, 0.29) is 5.97 Å². The Morgan fingerprint density at radius 1 is 1.35 bits per heavy atom. The van der Waals surface area contributed by atoms with Gasteiger partial charge in [-0.2, -0.15) is 0 Å². The maximum absolute atomic E-state index is 12.0. The fourth-order valence-corrected chi connectivity index (χ4v) is 2.19. The first-order valence-electron chi connectivity index (χ1n) is 6.40. The molecule has 0 saturated carbocycles. The number of carbonyl (C=O) groups is 1. The van der Waals surface area contributed by atoms with Gasteiger partial charge < -0.3 is 14.4 Å². The van der Waals surface area contributed by atoms with Crippen molar-refractivity contribution in [3.8, 4) is 5.75 Å². The van der Waals surface area contributed by atoms with E-state index in [0.717, 1.165) is 16.6 Å². The van der Waals surface area contributed by atoms with Gasteiger partial charge in [0, 0.05) is 25.7 Å². The zero-order chi connectivity index (χ0) is 14.7. The number of hydrogen-bond donors (Lipinski definition) is 0. The Morgan fingerprint density at radius 3 is 2.70 bits per heavy atom. The second-order valence-electron chi connectivity index (χ2n) is 4.49. The Kier molecular flexibility index (Phi) is 4.08. The molecule has 0 spiro atoms. The molecule has 0 amide bonds. The van der Waals surface area contributed by atoms with Crippen LogP contribution in [0.3, 0.4) is 0 Å². The number of esters is 1. The zero-order valence-electron chi connectivity index (χ0n) is 12.1. The lowest BCUT2D eigenvalue weighted by atomic mass is 10.1. The van der Waals surface area contributed by atoms with Gasteiger partial charge in [-0.3, -0.25) is 4.98 Å². The summed E-state index contributed by atoms with van der Waals surface area (Å²) in [6, 6.07) is 5.65. The van der Waals surface area contributed by atoms with Crippen LogP contribution in [-0.2, 0) is 4.74 Å². The molecule has 5 heteroatoms. The van der Waals surface area contributed by atoms with Crippen molar-refractivity contribution in [2.45, 2.75) is 6.92 Å². The number of rotatable bonds is 4. The Labute approximate surface area is 118 Å². The molecule has 0 aliphatic rings. The molecule has 20 heavy (non-hydrogen) atoms. The number of anilines is 1. The minimum Gasteiger partial charge on any atom is -0.494 e. The second-order valence-corrected chi connectivity index (χ2v) is 4.49. The van der Waals surface area contributed by atoms with E-state index in [4.69, 9.17) is 9.47 Å². The highest BCUT2D eigenvalue weighted by molar-refractivity contribution is 6.06. The van der Waals surface area contributed by atoms with E-state index in [1.165, 1.54) is 6.20 Å². The number of hydrogen-bond acceptors (Lipinski definition) is 5. The Hall–Kier alpha value is -2.30. The van der Waals surface area contributed by atoms with Gasteiger partial charge in [-0.25, -0.2) is 4.79 Å². The van der Waals surface area contributed by atoms with E-state index in [1.807, 2.05) is 37.2 Å². The zero-order valence-corrected chi connectivity index (χ0v) is 12.1. The molecule has 0 N–H and O–H groups in total. The molecule has 1 aromatic carbocycles. The fraction of sp³-hybridized carbons (Fsp3) is 0.333. The summed E-state index contributed by atoms with van der Waals surface area (Å²) in [5.74, 6) is 0.314. The lowest BCUT2D eigenvalue weighted by Gasteiger charge is -2.19.